The number of thiophene rings is 1. The molecule has 0 radical (unpaired) electrons. The fraction of sp³-hybridized carbons (Fsp3) is 0.0769. The Bertz CT molecular complexity index is 1630. The van der Waals surface area contributed by atoms with E-state index in [-0.39, 0.29) is 0 Å². The smallest absolute Gasteiger partial charge is 0.0466 e. The summed E-state index contributed by atoms with van der Waals surface area (Å²) in [5.74, 6) is 0. The molecule has 2 aromatic heterocycles. The van der Waals surface area contributed by atoms with Crippen LogP contribution in [0.25, 0.3) is 64.1 Å². The van der Waals surface area contributed by atoms with Crippen LogP contribution in [0.3, 0.4) is 0 Å². The molecule has 6 aromatic rings. The minimum Gasteiger partial charge on any atom is -0.361 e. The lowest BCUT2D eigenvalue weighted by Crippen LogP contribution is -1.85. The molecule has 0 amide bonds. The van der Waals surface area contributed by atoms with E-state index in [0.717, 1.165) is 0 Å². The van der Waals surface area contributed by atoms with Crippen LogP contribution < -0.4 is 0 Å². The van der Waals surface area contributed by atoms with Gasteiger partial charge < -0.3 is 4.98 Å². The molecule has 132 valence electrons. The summed E-state index contributed by atoms with van der Waals surface area (Å²) in [6.07, 6.45) is 2.18. The summed E-state index contributed by atoms with van der Waals surface area (Å²) in [7, 11) is 0. The van der Waals surface area contributed by atoms with Crippen molar-refractivity contribution >= 4 is 53.2 Å². The Balaban J connectivity index is 1.74. The predicted molar refractivity (Wildman–Crippen MR) is 123 cm³/mol. The third-order valence-corrected chi connectivity index (χ3v) is 7.90. The number of benzene rings is 4. The van der Waals surface area contributed by atoms with Gasteiger partial charge in [0.1, 0.15) is 0 Å². The molecule has 2 heterocycles. The van der Waals surface area contributed by atoms with E-state index >= 15 is 0 Å². The average molecular weight is 375 g/mol. The van der Waals surface area contributed by atoms with Gasteiger partial charge in [-0.1, -0.05) is 36.4 Å². The van der Waals surface area contributed by atoms with Gasteiger partial charge in [-0.25, -0.2) is 0 Å². The zero-order valence-corrected chi connectivity index (χ0v) is 16.5. The van der Waals surface area contributed by atoms with Crippen molar-refractivity contribution in [2.24, 2.45) is 0 Å². The molecule has 4 aromatic carbocycles. The molecule has 0 spiro atoms. The zero-order chi connectivity index (χ0) is 18.6. The monoisotopic (exact) mass is 375 g/mol. The summed E-state index contributed by atoms with van der Waals surface area (Å²) in [6, 6.07) is 20.2. The molecule has 1 aliphatic carbocycles. The van der Waals surface area contributed by atoms with Gasteiger partial charge in [0.25, 0.3) is 0 Å². The molecule has 28 heavy (non-hydrogen) atoms. The molecule has 1 aliphatic rings. The number of nitrogens with one attached hydrogen (secondary N) is 1. The van der Waals surface area contributed by atoms with Crippen LogP contribution in [0.15, 0.2) is 60.8 Å². The number of aromatic amines is 1. The van der Waals surface area contributed by atoms with Crippen LogP contribution in [-0.4, -0.2) is 4.98 Å². The second-order valence-corrected chi connectivity index (χ2v) is 8.97. The van der Waals surface area contributed by atoms with Crippen LogP contribution in [-0.2, 0) is 0 Å². The van der Waals surface area contributed by atoms with E-state index in [4.69, 9.17) is 0 Å². The Morgan fingerprint density at radius 2 is 1.64 bits per heavy atom. The maximum atomic E-state index is 3.46. The van der Waals surface area contributed by atoms with Gasteiger partial charge in [-0.3, -0.25) is 0 Å². The highest BCUT2D eigenvalue weighted by Crippen LogP contribution is 2.53. The van der Waals surface area contributed by atoms with Gasteiger partial charge in [0.2, 0.25) is 0 Å². The Hall–Kier alpha value is -3.10. The molecule has 0 fully saturated rings. The van der Waals surface area contributed by atoms with Crippen molar-refractivity contribution in [3.05, 3.63) is 71.9 Å². The van der Waals surface area contributed by atoms with Crippen molar-refractivity contribution in [1.82, 2.24) is 4.98 Å². The number of aryl methyl sites for hydroxylation is 2. The molecule has 1 N–H and O–H groups in total. The van der Waals surface area contributed by atoms with Crippen LogP contribution in [0.2, 0.25) is 0 Å². The fourth-order valence-corrected chi connectivity index (χ4v) is 6.52. The van der Waals surface area contributed by atoms with Crippen molar-refractivity contribution in [3.8, 4) is 22.3 Å². The Labute approximate surface area is 166 Å². The quantitative estimate of drug-likeness (QED) is 0.277. The Morgan fingerprint density at radius 1 is 0.750 bits per heavy atom. The number of fused-ring (bicyclic) bond motifs is 8. The van der Waals surface area contributed by atoms with Crippen LogP contribution in [0.4, 0.5) is 0 Å². The van der Waals surface area contributed by atoms with Gasteiger partial charge in [-0.2, -0.15) is 0 Å². The topological polar surface area (TPSA) is 15.8 Å². The van der Waals surface area contributed by atoms with E-state index in [2.05, 4.69) is 79.6 Å². The highest BCUT2D eigenvalue weighted by atomic mass is 32.1. The molecule has 0 saturated heterocycles. The second-order valence-electron chi connectivity index (χ2n) is 7.95. The summed E-state index contributed by atoms with van der Waals surface area (Å²) >= 11 is 1.96. The Kier molecular flexibility index (Phi) is 2.57. The van der Waals surface area contributed by atoms with Gasteiger partial charge in [0, 0.05) is 42.8 Å². The summed E-state index contributed by atoms with van der Waals surface area (Å²) in [5, 5.41) is 6.90. The third-order valence-electron chi connectivity index (χ3n) is 6.44. The second kappa shape index (κ2) is 4.84. The number of aromatic nitrogens is 1. The van der Waals surface area contributed by atoms with Gasteiger partial charge in [0.05, 0.1) is 0 Å². The Morgan fingerprint density at radius 3 is 2.57 bits per heavy atom. The maximum Gasteiger partial charge on any atom is 0.0466 e. The number of H-pyrrole nitrogens is 1. The van der Waals surface area contributed by atoms with Gasteiger partial charge >= 0.3 is 0 Å². The van der Waals surface area contributed by atoms with E-state index in [9.17, 15) is 0 Å². The van der Waals surface area contributed by atoms with Crippen LogP contribution >= 0.6 is 11.3 Å². The molecule has 0 aliphatic heterocycles. The van der Waals surface area contributed by atoms with Gasteiger partial charge in [-0.15, -0.1) is 11.3 Å². The molecular weight excluding hydrogens is 358 g/mol. The van der Waals surface area contributed by atoms with Crippen molar-refractivity contribution in [3.63, 3.8) is 0 Å². The van der Waals surface area contributed by atoms with E-state index in [1.165, 1.54) is 75.2 Å². The third kappa shape index (κ3) is 1.60. The largest absolute Gasteiger partial charge is 0.361 e. The highest BCUT2D eigenvalue weighted by Gasteiger charge is 2.26. The summed E-state index contributed by atoms with van der Waals surface area (Å²) in [5.41, 5.74) is 9.55. The molecule has 0 atom stereocenters. The minimum absolute atomic E-state index is 1.23. The maximum absolute atomic E-state index is 3.46. The van der Waals surface area contributed by atoms with Crippen molar-refractivity contribution in [2.75, 3.05) is 0 Å². The summed E-state index contributed by atoms with van der Waals surface area (Å²) in [4.78, 5) is 3.46. The molecule has 0 saturated carbocycles. The van der Waals surface area contributed by atoms with Crippen LogP contribution in [0, 0.1) is 13.8 Å². The fourth-order valence-electron chi connectivity index (χ4n) is 5.25. The van der Waals surface area contributed by atoms with Crippen molar-refractivity contribution in [1.29, 1.82) is 0 Å². The summed E-state index contributed by atoms with van der Waals surface area (Å²) < 4.78 is 2.85. The highest BCUT2D eigenvalue weighted by molar-refractivity contribution is 7.26. The van der Waals surface area contributed by atoms with Crippen molar-refractivity contribution < 1.29 is 0 Å². The van der Waals surface area contributed by atoms with E-state index in [1.54, 1.807) is 0 Å². The van der Waals surface area contributed by atoms with Crippen molar-refractivity contribution in [2.45, 2.75) is 13.8 Å². The van der Waals surface area contributed by atoms with Gasteiger partial charge in [-0.05, 0) is 70.6 Å². The number of hydrogen-bond acceptors (Lipinski definition) is 1. The SMILES string of the molecule is Cc1c2c(cc3c1sc1c(C)cc4ccccc4c13)-c1c[nH]c3cccc-2c13. The first-order valence-corrected chi connectivity index (χ1v) is 10.5. The lowest BCUT2D eigenvalue weighted by atomic mass is 9.94. The first-order chi connectivity index (χ1) is 13.7. The average Bonchev–Trinajstić information content (AvgIpc) is 3.38. The van der Waals surface area contributed by atoms with Crippen LogP contribution in [0.5, 0.6) is 0 Å². The molecule has 0 bridgehead atoms. The first kappa shape index (κ1) is 14.9. The molecular formula is C26H17NS. The lowest BCUT2D eigenvalue weighted by Gasteiger charge is -2.09. The lowest BCUT2D eigenvalue weighted by molar-refractivity contribution is 1.46. The molecule has 2 heteroatoms. The minimum atomic E-state index is 1.23. The first-order valence-electron chi connectivity index (χ1n) is 9.71. The number of hydrogen-bond donors (Lipinski definition) is 1. The normalized spacial score (nSPS) is 12.6. The number of rotatable bonds is 0. The molecule has 0 unspecified atom stereocenters. The zero-order valence-electron chi connectivity index (χ0n) is 15.7. The van der Waals surface area contributed by atoms with Gasteiger partial charge in [0.15, 0.2) is 0 Å². The summed E-state index contributed by atoms with van der Waals surface area (Å²) in [6.45, 7) is 4.56. The van der Waals surface area contributed by atoms with E-state index in [1.807, 2.05) is 11.3 Å². The standard InChI is InChI=1S/C26H17NS/c1-13-10-15-6-3-4-7-16(15)24-19-11-18-20-12-27-21-9-5-8-17(23(20)21)22(18)14(2)26(19)28-25(13)24/h3-12,27H,1-2H3. The predicted octanol–water partition coefficient (Wildman–Crippen LogP) is 7.95. The van der Waals surface area contributed by atoms with Crippen LogP contribution in [0.1, 0.15) is 11.1 Å². The van der Waals surface area contributed by atoms with E-state index < -0.39 is 0 Å². The van der Waals surface area contributed by atoms with E-state index in [0.29, 0.717) is 0 Å². The molecule has 7 rings (SSSR count). The molecule has 1 nitrogen and oxygen atoms in total.